The Bertz CT molecular complexity index is 654. The summed E-state index contributed by atoms with van der Waals surface area (Å²) in [5.41, 5.74) is 7.58. The van der Waals surface area contributed by atoms with Gasteiger partial charge < -0.3 is 20.5 Å². The van der Waals surface area contributed by atoms with Crippen LogP contribution < -0.4 is 10.5 Å². The highest BCUT2D eigenvalue weighted by atomic mass is 16.5. The molecule has 3 N–H and O–H groups in total. The largest absolute Gasteiger partial charge is 0.455 e. The van der Waals surface area contributed by atoms with Crippen molar-refractivity contribution >= 4 is 11.6 Å². The van der Waals surface area contributed by atoms with Gasteiger partial charge in [0.2, 0.25) is 0 Å². The molecule has 0 aliphatic carbocycles. The molecule has 0 aromatic heterocycles. The molecular weight excluding hydrogens is 268 g/mol. The van der Waals surface area contributed by atoms with Crippen molar-refractivity contribution in [3.05, 3.63) is 53.6 Å². The van der Waals surface area contributed by atoms with Crippen LogP contribution in [0, 0.1) is 0 Å². The molecule has 5 heteroatoms. The minimum Gasteiger partial charge on any atom is -0.455 e. The molecule has 0 fully saturated rings. The Kier molecular flexibility index (Phi) is 4.45. The van der Waals surface area contributed by atoms with E-state index in [-0.39, 0.29) is 12.5 Å². The van der Waals surface area contributed by atoms with Crippen LogP contribution in [0.1, 0.15) is 15.9 Å². The Balaban J connectivity index is 2.23. The second-order valence-corrected chi connectivity index (χ2v) is 4.86. The zero-order valence-electron chi connectivity index (χ0n) is 12.0. The molecule has 0 aliphatic rings. The van der Waals surface area contributed by atoms with Gasteiger partial charge in [0.25, 0.3) is 5.91 Å². The van der Waals surface area contributed by atoms with Crippen molar-refractivity contribution in [1.29, 1.82) is 0 Å². The van der Waals surface area contributed by atoms with E-state index in [2.05, 4.69) is 0 Å². The van der Waals surface area contributed by atoms with Crippen LogP contribution in [0.3, 0.4) is 0 Å². The van der Waals surface area contributed by atoms with Crippen LogP contribution in [0.2, 0.25) is 0 Å². The number of carbonyl (C=O) groups is 1. The summed E-state index contributed by atoms with van der Waals surface area (Å²) in [6.45, 7) is -0.0526. The normalized spacial score (nSPS) is 10.2. The molecule has 1 amide bonds. The number of hydrogen-bond donors (Lipinski definition) is 2. The lowest BCUT2D eigenvalue weighted by molar-refractivity contribution is 0.0827. The van der Waals surface area contributed by atoms with Crippen molar-refractivity contribution < 1.29 is 14.6 Å². The first kappa shape index (κ1) is 14.9. The fourth-order valence-electron chi connectivity index (χ4n) is 1.87. The fraction of sp³-hybridized carbons (Fsp3) is 0.188. The highest BCUT2D eigenvalue weighted by Gasteiger charge is 2.11. The molecule has 21 heavy (non-hydrogen) atoms. The maximum Gasteiger partial charge on any atom is 0.253 e. The van der Waals surface area contributed by atoms with Gasteiger partial charge in [-0.05, 0) is 35.9 Å². The average molecular weight is 286 g/mol. The summed E-state index contributed by atoms with van der Waals surface area (Å²) in [5.74, 6) is 0.941. The summed E-state index contributed by atoms with van der Waals surface area (Å²) >= 11 is 0. The molecule has 0 bridgehead atoms. The first-order valence-electron chi connectivity index (χ1n) is 6.50. The molecule has 0 radical (unpaired) electrons. The number of nitrogens with zero attached hydrogens (tertiary/aromatic N) is 1. The van der Waals surface area contributed by atoms with E-state index >= 15 is 0 Å². The van der Waals surface area contributed by atoms with E-state index in [1.165, 1.54) is 4.90 Å². The number of ether oxygens (including phenoxy) is 1. The molecule has 0 heterocycles. The Morgan fingerprint density at radius 1 is 1.24 bits per heavy atom. The third-order valence-electron chi connectivity index (χ3n) is 2.97. The Hall–Kier alpha value is -2.53. The number of benzene rings is 2. The monoisotopic (exact) mass is 286 g/mol. The highest BCUT2D eigenvalue weighted by molar-refractivity contribution is 5.95. The number of carbonyl (C=O) groups excluding carboxylic acids is 1. The van der Waals surface area contributed by atoms with E-state index in [1.54, 1.807) is 56.6 Å². The molecule has 0 atom stereocenters. The molecule has 0 aliphatic heterocycles. The number of aliphatic hydroxyl groups is 1. The Labute approximate surface area is 123 Å². The lowest BCUT2D eigenvalue weighted by Crippen LogP contribution is -2.21. The van der Waals surface area contributed by atoms with Gasteiger partial charge >= 0.3 is 0 Å². The Morgan fingerprint density at radius 2 is 2.00 bits per heavy atom. The summed E-state index contributed by atoms with van der Waals surface area (Å²) in [6, 6.07) is 12.0. The van der Waals surface area contributed by atoms with Crippen LogP contribution in [0.4, 0.5) is 5.69 Å². The predicted molar refractivity (Wildman–Crippen MR) is 81.3 cm³/mol. The Morgan fingerprint density at radius 3 is 2.62 bits per heavy atom. The molecule has 0 unspecified atom stereocenters. The molecule has 110 valence electrons. The number of amides is 1. The lowest BCUT2D eigenvalue weighted by atomic mass is 10.1. The second kappa shape index (κ2) is 6.28. The van der Waals surface area contributed by atoms with Crippen molar-refractivity contribution in [3.8, 4) is 11.5 Å². The van der Waals surface area contributed by atoms with Gasteiger partial charge in [-0.3, -0.25) is 4.79 Å². The molecule has 0 saturated heterocycles. The molecule has 2 aromatic rings. The van der Waals surface area contributed by atoms with Crippen LogP contribution in [0.25, 0.3) is 0 Å². The van der Waals surface area contributed by atoms with Crippen molar-refractivity contribution in [2.75, 3.05) is 19.8 Å². The predicted octanol–water partition coefficient (Wildman–Crippen LogP) is 2.26. The van der Waals surface area contributed by atoms with Crippen LogP contribution in [0.5, 0.6) is 11.5 Å². The van der Waals surface area contributed by atoms with Crippen LogP contribution in [-0.2, 0) is 6.61 Å². The number of aliphatic hydroxyl groups excluding tert-OH is 1. The summed E-state index contributed by atoms with van der Waals surface area (Å²) < 4.78 is 5.69. The second-order valence-electron chi connectivity index (χ2n) is 4.86. The third kappa shape index (κ3) is 3.52. The van der Waals surface area contributed by atoms with Crippen molar-refractivity contribution in [2.24, 2.45) is 0 Å². The van der Waals surface area contributed by atoms with Crippen LogP contribution in [0.15, 0.2) is 42.5 Å². The van der Waals surface area contributed by atoms with Crippen LogP contribution in [-0.4, -0.2) is 30.0 Å². The summed E-state index contributed by atoms with van der Waals surface area (Å²) in [4.78, 5) is 13.3. The molecule has 0 spiro atoms. The van der Waals surface area contributed by atoms with Gasteiger partial charge in [0.15, 0.2) is 0 Å². The maximum atomic E-state index is 11.9. The number of rotatable bonds is 4. The number of nitrogen functional groups attached to an aromatic ring is 1. The zero-order valence-corrected chi connectivity index (χ0v) is 12.0. The standard InChI is InChI=1S/C16H18N2O3/c1-18(2)16(20)12-6-7-15(14(17)9-12)21-13-5-3-4-11(8-13)10-19/h3-9,19H,10,17H2,1-2H3. The fourth-order valence-corrected chi connectivity index (χ4v) is 1.87. The van der Waals surface area contributed by atoms with Gasteiger partial charge in [-0.1, -0.05) is 12.1 Å². The molecule has 2 rings (SSSR count). The highest BCUT2D eigenvalue weighted by Crippen LogP contribution is 2.29. The van der Waals surface area contributed by atoms with Crippen molar-refractivity contribution in [2.45, 2.75) is 6.61 Å². The van der Waals surface area contributed by atoms with Gasteiger partial charge in [0.05, 0.1) is 12.3 Å². The quantitative estimate of drug-likeness (QED) is 0.845. The number of anilines is 1. The van der Waals surface area contributed by atoms with Gasteiger partial charge in [0, 0.05) is 19.7 Å². The van der Waals surface area contributed by atoms with E-state index in [1.807, 2.05) is 0 Å². The van der Waals surface area contributed by atoms with E-state index in [0.29, 0.717) is 22.7 Å². The average Bonchev–Trinajstić information content (AvgIpc) is 2.48. The van der Waals surface area contributed by atoms with Gasteiger partial charge in [-0.15, -0.1) is 0 Å². The minimum absolute atomic E-state index is 0.0526. The van der Waals surface area contributed by atoms with Crippen LogP contribution >= 0.6 is 0 Å². The maximum absolute atomic E-state index is 11.9. The van der Waals surface area contributed by atoms with E-state index in [4.69, 9.17) is 15.6 Å². The summed E-state index contributed by atoms with van der Waals surface area (Å²) in [6.07, 6.45) is 0. The lowest BCUT2D eigenvalue weighted by Gasteiger charge is -2.13. The van der Waals surface area contributed by atoms with Crippen molar-refractivity contribution in [1.82, 2.24) is 4.90 Å². The first-order chi connectivity index (χ1) is 10.0. The minimum atomic E-state index is -0.115. The summed E-state index contributed by atoms with van der Waals surface area (Å²) in [5, 5.41) is 9.11. The third-order valence-corrected chi connectivity index (χ3v) is 2.97. The smallest absolute Gasteiger partial charge is 0.253 e. The van der Waals surface area contributed by atoms with Gasteiger partial charge in [0.1, 0.15) is 11.5 Å². The number of hydrogen-bond acceptors (Lipinski definition) is 4. The first-order valence-corrected chi connectivity index (χ1v) is 6.50. The molecular formula is C16H18N2O3. The van der Waals surface area contributed by atoms with Gasteiger partial charge in [-0.2, -0.15) is 0 Å². The molecule has 2 aromatic carbocycles. The SMILES string of the molecule is CN(C)C(=O)c1ccc(Oc2cccc(CO)c2)c(N)c1. The molecule has 5 nitrogen and oxygen atoms in total. The van der Waals surface area contributed by atoms with Gasteiger partial charge in [-0.25, -0.2) is 0 Å². The number of nitrogens with two attached hydrogens (primary N) is 1. The van der Waals surface area contributed by atoms with E-state index in [9.17, 15) is 4.79 Å². The van der Waals surface area contributed by atoms with E-state index in [0.717, 1.165) is 5.56 Å². The summed E-state index contributed by atoms with van der Waals surface area (Å²) in [7, 11) is 3.37. The van der Waals surface area contributed by atoms with Crippen molar-refractivity contribution in [3.63, 3.8) is 0 Å². The zero-order chi connectivity index (χ0) is 15.4. The molecule has 0 saturated carbocycles. The van der Waals surface area contributed by atoms with E-state index < -0.39 is 0 Å². The topological polar surface area (TPSA) is 75.8 Å².